The van der Waals surface area contributed by atoms with Crippen LogP contribution in [-0.4, -0.2) is 46.7 Å². The number of esters is 1. The van der Waals surface area contributed by atoms with Crippen LogP contribution in [0.3, 0.4) is 0 Å². The molecule has 5 atom stereocenters. The Morgan fingerprint density at radius 3 is 2.87 bits per heavy atom. The number of rotatable bonds is 0. The Labute approximate surface area is 87.3 Å². The topological polar surface area (TPSA) is 79.3 Å². The number of ether oxygens (including phenoxy) is 2. The van der Waals surface area contributed by atoms with Crippen molar-refractivity contribution in [2.24, 2.45) is 0 Å². The summed E-state index contributed by atoms with van der Waals surface area (Å²) in [6.45, 7) is 1.68. The van der Waals surface area contributed by atoms with Crippen LogP contribution in [0.5, 0.6) is 0 Å². The van der Waals surface area contributed by atoms with Crippen LogP contribution in [0, 0.1) is 0 Å². The molecule has 0 aromatic heterocycles. The largest absolute Gasteiger partial charge is 0.461 e. The normalized spacial score (nSPS) is 47.7. The summed E-state index contributed by atoms with van der Waals surface area (Å²) in [5, 5.41) is 19.0. The van der Waals surface area contributed by atoms with Crippen LogP contribution >= 0.6 is 0 Å². The van der Waals surface area contributed by atoms with E-state index in [1.165, 1.54) is 6.08 Å². The zero-order valence-corrected chi connectivity index (χ0v) is 8.37. The smallest absolute Gasteiger partial charge is 0.338 e. The van der Waals surface area contributed by atoms with E-state index in [1.807, 2.05) is 0 Å². The standard InChI is InChI=1S/C10H14O5/c1-5-4-7(12)6(11)2-3-8-9(15-8)10(13)14-5/h2-3,5-9,11-12H,4H2,1H3/b3-2+/t5-,6+,7-,8?,9?/m1/s1. The zero-order valence-electron chi connectivity index (χ0n) is 8.37. The Bertz CT molecular complexity index is 288. The molecule has 0 aromatic carbocycles. The molecule has 0 spiro atoms. The summed E-state index contributed by atoms with van der Waals surface area (Å²) in [4.78, 5) is 11.3. The molecule has 0 amide bonds. The molecule has 2 aliphatic heterocycles. The van der Waals surface area contributed by atoms with Crippen LogP contribution in [0.15, 0.2) is 12.2 Å². The lowest BCUT2D eigenvalue weighted by Gasteiger charge is -2.19. The number of epoxide rings is 1. The van der Waals surface area contributed by atoms with Gasteiger partial charge in [-0.1, -0.05) is 12.2 Å². The fourth-order valence-electron chi connectivity index (χ4n) is 1.60. The van der Waals surface area contributed by atoms with Crippen molar-refractivity contribution in [2.45, 2.75) is 43.9 Å². The third-order valence-electron chi connectivity index (χ3n) is 2.54. The number of aliphatic hydroxyl groups is 2. The molecule has 2 N–H and O–H groups in total. The summed E-state index contributed by atoms with van der Waals surface area (Å²) in [6.07, 6.45) is 0.133. The van der Waals surface area contributed by atoms with Crippen molar-refractivity contribution in [2.75, 3.05) is 0 Å². The van der Waals surface area contributed by atoms with Crippen LogP contribution in [-0.2, 0) is 14.3 Å². The minimum atomic E-state index is -0.936. The molecule has 2 unspecified atom stereocenters. The second-order valence-electron chi connectivity index (χ2n) is 3.95. The Kier molecular flexibility index (Phi) is 2.77. The van der Waals surface area contributed by atoms with Gasteiger partial charge in [0.15, 0.2) is 6.10 Å². The molecule has 0 bridgehead atoms. The molecular formula is C10H14O5. The van der Waals surface area contributed by atoms with E-state index in [0.29, 0.717) is 0 Å². The summed E-state index contributed by atoms with van der Waals surface area (Å²) in [5.74, 6) is -0.402. The van der Waals surface area contributed by atoms with Gasteiger partial charge >= 0.3 is 5.97 Å². The summed E-state index contributed by atoms with van der Waals surface area (Å²) in [6, 6.07) is 0. The molecule has 15 heavy (non-hydrogen) atoms. The van der Waals surface area contributed by atoms with Crippen molar-refractivity contribution in [1.29, 1.82) is 0 Å². The summed E-state index contributed by atoms with van der Waals surface area (Å²) in [5.41, 5.74) is 0. The number of hydrogen-bond acceptors (Lipinski definition) is 5. The average molecular weight is 214 g/mol. The highest BCUT2D eigenvalue weighted by Crippen LogP contribution is 2.27. The van der Waals surface area contributed by atoms with Crippen LogP contribution in [0.25, 0.3) is 0 Å². The average Bonchev–Trinajstić information content (AvgIpc) is 2.91. The third-order valence-corrected chi connectivity index (χ3v) is 2.54. The van der Waals surface area contributed by atoms with Crippen molar-refractivity contribution in [1.82, 2.24) is 0 Å². The van der Waals surface area contributed by atoms with Crippen LogP contribution in [0.2, 0.25) is 0 Å². The van der Waals surface area contributed by atoms with Crippen molar-refractivity contribution in [3.05, 3.63) is 12.2 Å². The minimum Gasteiger partial charge on any atom is -0.461 e. The fourth-order valence-corrected chi connectivity index (χ4v) is 1.60. The van der Waals surface area contributed by atoms with Gasteiger partial charge in [-0.25, -0.2) is 4.79 Å². The third kappa shape index (κ3) is 2.37. The van der Waals surface area contributed by atoms with Gasteiger partial charge in [0.2, 0.25) is 0 Å². The van der Waals surface area contributed by atoms with Gasteiger partial charge in [-0.3, -0.25) is 0 Å². The first-order valence-corrected chi connectivity index (χ1v) is 4.98. The quantitative estimate of drug-likeness (QED) is 0.319. The predicted molar refractivity (Wildman–Crippen MR) is 50.0 cm³/mol. The molecule has 5 heteroatoms. The molecule has 0 aromatic rings. The van der Waals surface area contributed by atoms with Gasteiger partial charge in [-0.15, -0.1) is 0 Å². The number of aliphatic hydroxyl groups excluding tert-OH is 2. The van der Waals surface area contributed by atoms with Gasteiger partial charge in [-0.2, -0.15) is 0 Å². The first kappa shape index (κ1) is 10.6. The van der Waals surface area contributed by atoms with E-state index in [0.717, 1.165) is 0 Å². The molecule has 2 aliphatic rings. The summed E-state index contributed by atoms with van der Waals surface area (Å²) < 4.78 is 10.1. The lowest BCUT2D eigenvalue weighted by Crippen LogP contribution is -2.31. The molecule has 1 saturated heterocycles. The van der Waals surface area contributed by atoms with Gasteiger partial charge in [0, 0.05) is 6.42 Å². The van der Waals surface area contributed by atoms with E-state index in [2.05, 4.69) is 0 Å². The highest BCUT2D eigenvalue weighted by atomic mass is 16.6. The predicted octanol–water partition coefficient (Wildman–Crippen LogP) is -0.633. The van der Waals surface area contributed by atoms with E-state index >= 15 is 0 Å². The minimum absolute atomic E-state index is 0.217. The molecule has 84 valence electrons. The highest BCUT2D eigenvalue weighted by Gasteiger charge is 2.45. The Hall–Kier alpha value is -0.910. The van der Waals surface area contributed by atoms with E-state index in [4.69, 9.17) is 9.47 Å². The van der Waals surface area contributed by atoms with E-state index in [1.54, 1.807) is 13.0 Å². The molecular weight excluding hydrogens is 200 g/mol. The van der Waals surface area contributed by atoms with E-state index < -0.39 is 30.4 Å². The summed E-state index contributed by atoms with van der Waals surface area (Å²) in [7, 11) is 0. The molecule has 1 fully saturated rings. The van der Waals surface area contributed by atoms with Crippen molar-refractivity contribution in [3.63, 3.8) is 0 Å². The Morgan fingerprint density at radius 2 is 2.13 bits per heavy atom. The SMILES string of the molecule is C[C@@H]1C[C@@H](O)[C@@H](O)/C=C/C2OC2C(=O)O1. The van der Waals surface area contributed by atoms with Gasteiger partial charge in [0.1, 0.15) is 12.2 Å². The first-order chi connectivity index (χ1) is 7.08. The van der Waals surface area contributed by atoms with Gasteiger partial charge in [0.05, 0.1) is 12.2 Å². The van der Waals surface area contributed by atoms with Gasteiger partial charge in [-0.05, 0) is 6.92 Å². The highest BCUT2D eigenvalue weighted by molar-refractivity contribution is 5.78. The van der Waals surface area contributed by atoms with E-state index in [-0.39, 0.29) is 12.5 Å². The molecule has 0 radical (unpaired) electrons. The molecule has 0 saturated carbocycles. The van der Waals surface area contributed by atoms with Crippen LogP contribution in [0.4, 0.5) is 0 Å². The maximum atomic E-state index is 11.3. The van der Waals surface area contributed by atoms with Crippen molar-refractivity contribution >= 4 is 5.97 Å². The molecule has 2 rings (SSSR count). The van der Waals surface area contributed by atoms with Crippen molar-refractivity contribution in [3.8, 4) is 0 Å². The van der Waals surface area contributed by atoms with E-state index in [9.17, 15) is 15.0 Å². The lowest BCUT2D eigenvalue weighted by atomic mass is 10.1. The number of fused-ring (bicyclic) bond motifs is 1. The van der Waals surface area contributed by atoms with Crippen LogP contribution in [0.1, 0.15) is 13.3 Å². The molecule has 0 aliphatic carbocycles. The van der Waals surface area contributed by atoms with Crippen LogP contribution < -0.4 is 0 Å². The van der Waals surface area contributed by atoms with Gasteiger partial charge in [0.25, 0.3) is 0 Å². The number of hydrogen-bond donors (Lipinski definition) is 2. The lowest BCUT2D eigenvalue weighted by molar-refractivity contribution is -0.151. The zero-order chi connectivity index (χ0) is 11.0. The van der Waals surface area contributed by atoms with Gasteiger partial charge < -0.3 is 19.7 Å². The molecule has 5 nitrogen and oxygen atoms in total. The number of carbonyl (C=O) groups excluding carboxylic acids is 1. The Morgan fingerprint density at radius 1 is 1.40 bits per heavy atom. The first-order valence-electron chi connectivity index (χ1n) is 4.98. The maximum absolute atomic E-state index is 11.3. The monoisotopic (exact) mass is 214 g/mol. The second kappa shape index (κ2) is 3.92. The van der Waals surface area contributed by atoms with Crippen molar-refractivity contribution < 1.29 is 24.5 Å². The number of cyclic esters (lactones) is 1. The Balaban J connectivity index is 2.09. The number of carbonyl (C=O) groups is 1. The fraction of sp³-hybridized carbons (Fsp3) is 0.700. The molecule has 2 heterocycles. The maximum Gasteiger partial charge on any atom is 0.338 e. The summed E-state index contributed by atoms with van der Waals surface area (Å²) >= 11 is 0. The second-order valence-corrected chi connectivity index (χ2v) is 3.95.